The third-order valence-corrected chi connectivity index (χ3v) is 3.78. The SMILES string of the molecule is O=C(O)C(NCCc1ccccc1)c1c[nH]c2ccccc12. The Labute approximate surface area is 128 Å². The van der Waals surface area contributed by atoms with Crippen molar-refractivity contribution in [3.05, 3.63) is 71.9 Å². The zero-order valence-corrected chi connectivity index (χ0v) is 12.1. The molecule has 0 saturated heterocycles. The van der Waals surface area contributed by atoms with E-state index in [1.54, 1.807) is 6.20 Å². The molecule has 3 N–H and O–H groups in total. The van der Waals surface area contributed by atoms with Gasteiger partial charge in [-0.1, -0.05) is 48.5 Å². The Hall–Kier alpha value is -2.59. The van der Waals surface area contributed by atoms with Crippen molar-refractivity contribution in [2.24, 2.45) is 0 Å². The highest BCUT2D eigenvalue weighted by molar-refractivity contribution is 5.89. The molecule has 1 aromatic heterocycles. The minimum absolute atomic E-state index is 0.612. The molecule has 0 radical (unpaired) electrons. The zero-order valence-electron chi connectivity index (χ0n) is 12.1. The van der Waals surface area contributed by atoms with Gasteiger partial charge in [0.15, 0.2) is 0 Å². The lowest BCUT2D eigenvalue weighted by Gasteiger charge is -2.14. The van der Waals surface area contributed by atoms with Gasteiger partial charge in [-0.05, 0) is 18.1 Å². The highest BCUT2D eigenvalue weighted by atomic mass is 16.4. The highest BCUT2D eigenvalue weighted by Gasteiger charge is 2.22. The van der Waals surface area contributed by atoms with Gasteiger partial charge in [0.05, 0.1) is 0 Å². The highest BCUT2D eigenvalue weighted by Crippen LogP contribution is 2.24. The van der Waals surface area contributed by atoms with E-state index in [9.17, 15) is 9.90 Å². The predicted octanol–water partition coefficient (Wildman–Crippen LogP) is 3.13. The van der Waals surface area contributed by atoms with Crippen LogP contribution in [0.5, 0.6) is 0 Å². The molecule has 0 amide bonds. The largest absolute Gasteiger partial charge is 0.480 e. The Kier molecular flexibility index (Phi) is 4.21. The van der Waals surface area contributed by atoms with Crippen LogP contribution < -0.4 is 5.32 Å². The van der Waals surface area contributed by atoms with E-state index in [-0.39, 0.29) is 0 Å². The van der Waals surface area contributed by atoms with Crippen LogP contribution in [0.3, 0.4) is 0 Å². The van der Waals surface area contributed by atoms with Crippen molar-refractivity contribution in [2.45, 2.75) is 12.5 Å². The third kappa shape index (κ3) is 3.02. The van der Waals surface area contributed by atoms with Gasteiger partial charge < -0.3 is 15.4 Å². The molecule has 0 saturated carbocycles. The average molecular weight is 294 g/mol. The van der Waals surface area contributed by atoms with Crippen molar-refractivity contribution >= 4 is 16.9 Å². The summed E-state index contributed by atoms with van der Waals surface area (Å²) in [7, 11) is 0. The van der Waals surface area contributed by atoms with Crippen LogP contribution in [0.2, 0.25) is 0 Å². The van der Waals surface area contributed by atoms with Gasteiger partial charge >= 0.3 is 5.97 Å². The molecule has 1 heterocycles. The number of carbonyl (C=O) groups is 1. The van der Waals surface area contributed by atoms with E-state index in [0.29, 0.717) is 6.54 Å². The molecule has 0 fully saturated rings. The number of aliphatic carboxylic acids is 1. The lowest BCUT2D eigenvalue weighted by atomic mass is 10.1. The van der Waals surface area contributed by atoms with Crippen molar-refractivity contribution in [3.8, 4) is 0 Å². The average Bonchev–Trinajstić information content (AvgIpc) is 2.96. The molecule has 3 aromatic rings. The van der Waals surface area contributed by atoms with Crippen LogP contribution in [0.1, 0.15) is 17.2 Å². The molecule has 1 atom stereocenters. The monoisotopic (exact) mass is 294 g/mol. The Morgan fingerprint density at radius 3 is 2.59 bits per heavy atom. The molecule has 0 bridgehead atoms. The van der Waals surface area contributed by atoms with E-state index in [0.717, 1.165) is 22.9 Å². The normalized spacial score (nSPS) is 12.4. The summed E-state index contributed by atoms with van der Waals surface area (Å²) in [6, 6.07) is 17.1. The number of nitrogens with one attached hydrogen (secondary N) is 2. The standard InChI is InChI=1S/C18H18N2O2/c21-18(22)17(19-11-10-13-6-2-1-3-7-13)15-12-20-16-9-5-4-8-14(15)16/h1-9,12,17,19-20H,10-11H2,(H,21,22). The molecule has 1 unspecified atom stereocenters. The van der Waals surface area contributed by atoms with E-state index in [1.807, 2.05) is 54.6 Å². The Balaban J connectivity index is 1.74. The molecule has 0 aliphatic heterocycles. The number of aromatic nitrogens is 1. The number of carboxylic acid groups (broad SMARTS) is 1. The first-order chi connectivity index (χ1) is 10.8. The molecule has 0 aliphatic carbocycles. The first kappa shape index (κ1) is 14.4. The topological polar surface area (TPSA) is 65.1 Å². The molecular weight excluding hydrogens is 276 g/mol. The lowest BCUT2D eigenvalue weighted by molar-refractivity contribution is -0.139. The van der Waals surface area contributed by atoms with Crippen LogP contribution in [0.25, 0.3) is 10.9 Å². The van der Waals surface area contributed by atoms with Crippen LogP contribution in [-0.4, -0.2) is 22.6 Å². The van der Waals surface area contributed by atoms with Crippen molar-refractivity contribution in [2.75, 3.05) is 6.54 Å². The van der Waals surface area contributed by atoms with Crippen LogP contribution >= 0.6 is 0 Å². The van der Waals surface area contributed by atoms with Gasteiger partial charge in [-0.2, -0.15) is 0 Å². The molecule has 112 valence electrons. The summed E-state index contributed by atoms with van der Waals surface area (Å²) < 4.78 is 0. The summed E-state index contributed by atoms with van der Waals surface area (Å²) in [6.07, 6.45) is 2.58. The van der Waals surface area contributed by atoms with Crippen LogP contribution in [0, 0.1) is 0 Å². The number of benzene rings is 2. The van der Waals surface area contributed by atoms with Gasteiger partial charge in [-0.15, -0.1) is 0 Å². The van der Waals surface area contributed by atoms with Gasteiger partial charge in [0.2, 0.25) is 0 Å². The molecule has 4 heteroatoms. The van der Waals surface area contributed by atoms with E-state index in [4.69, 9.17) is 0 Å². The fourth-order valence-electron chi connectivity index (χ4n) is 2.67. The van der Waals surface area contributed by atoms with Gasteiger partial charge in [-0.3, -0.25) is 4.79 Å². The molecule has 0 aliphatic rings. The molecule has 22 heavy (non-hydrogen) atoms. The second-order valence-corrected chi connectivity index (χ2v) is 5.25. The van der Waals surface area contributed by atoms with Crippen molar-refractivity contribution in [1.82, 2.24) is 10.3 Å². The Bertz CT molecular complexity index is 765. The van der Waals surface area contributed by atoms with Gasteiger partial charge in [0.25, 0.3) is 0 Å². The van der Waals surface area contributed by atoms with Crippen molar-refractivity contribution in [1.29, 1.82) is 0 Å². The maximum Gasteiger partial charge on any atom is 0.325 e. The fourth-order valence-corrected chi connectivity index (χ4v) is 2.67. The van der Waals surface area contributed by atoms with Crippen LogP contribution in [0.15, 0.2) is 60.8 Å². The van der Waals surface area contributed by atoms with Crippen molar-refractivity contribution < 1.29 is 9.90 Å². The van der Waals surface area contributed by atoms with E-state index >= 15 is 0 Å². The molecule has 0 spiro atoms. The van der Waals surface area contributed by atoms with Crippen LogP contribution in [-0.2, 0) is 11.2 Å². The van der Waals surface area contributed by atoms with E-state index in [2.05, 4.69) is 10.3 Å². The van der Waals surface area contributed by atoms with Gasteiger partial charge in [0.1, 0.15) is 6.04 Å². The number of carboxylic acids is 1. The first-order valence-corrected chi connectivity index (χ1v) is 7.32. The number of H-pyrrole nitrogens is 1. The Morgan fingerprint density at radius 2 is 1.82 bits per heavy atom. The quantitative estimate of drug-likeness (QED) is 0.654. The minimum atomic E-state index is -0.863. The van der Waals surface area contributed by atoms with Gasteiger partial charge in [-0.25, -0.2) is 0 Å². The van der Waals surface area contributed by atoms with Crippen LogP contribution in [0.4, 0.5) is 0 Å². The summed E-state index contributed by atoms with van der Waals surface area (Å²) in [6.45, 7) is 0.612. The lowest BCUT2D eigenvalue weighted by Crippen LogP contribution is -2.30. The maximum absolute atomic E-state index is 11.6. The smallest absolute Gasteiger partial charge is 0.325 e. The third-order valence-electron chi connectivity index (χ3n) is 3.78. The Morgan fingerprint density at radius 1 is 1.09 bits per heavy atom. The maximum atomic E-state index is 11.6. The second kappa shape index (κ2) is 6.45. The summed E-state index contributed by atoms with van der Waals surface area (Å²) in [5.74, 6) is -0.863. The second-order valence-electron chi connectivity index (χ2n) is 5.25. The zero-order chi connectivity index (χ0) is 15.4. The summed E-state index contributed by atoms with van der Waals surface area (Å²) in [5.41, 5.74) is 2.92. The summed E-state index contributed by atoms with van der Waals surface area (Å²) in [4.78, 5) is 14.7. The minimum Gasteiger partial charge on any atom is -0.480 e. The number of hydrogen-bond acceptors (Lipinski definition) is 2. The number of fused-ring (bicyclic) bond motifs is 1. The summed E-state index contributed by atoms with van der Waals surface area (Å²) >= 11 is 0. The number of aromatic amines is 1. The number of para-hydroxylation sites is 1. The van der Waals surface area contributed by atoms with Gasteiger partial charge in [0, 0.05) is 29.2 Å². The first-order valence-electron chi connectivity index (χ1n) is 7.32. The van der Waals surface area contributed by atoms with E-state index < -0.39 is 12.0 Å². The fraction of sp³-hybridized carbons (Fsp3) is 0.167. The molecule has 3 rings (SSSR count). The predicted molar refractivity (Wildman–Crippen MR) is 86.8 cm³/mol. The van der Waals surface area contributed by atoms with Crippen molar-refractivity contribution in [3.63, 3.8) is 0 Å². The number of rotatable bonds is 6. The summed E-state index contributed by atoms with van der Waals surface area (Å²) in [5, 5.41) is 13.6. The molecular formula is C18H18N2O2. The van der Waals surface area contributed by atoms with E-state index in [1.165, 1.54) is 5.56 Å². The molecule has 4 nitrogen and oxygen atoms in total. The molecule has 2 aromatic carbocycles. The number of hydrogen-bond donors (Lipinski definition) is 3.